The Hall–Kier alpha value is -3.65. The highest BCUT2D eigenvalue weighted by Gasteiger charge is 2.21. The van der Waals surface area contributed by atoms with Crippen molar-refractivity contribution in [2.75, 3.05) is 17.2 Å². The molecule has 3 aromatic rings. The first-order chi connectivity index (χ1) is 14.4. The summed E-state index contributed by atoms with van der Waals surface area (Å²) in [5.41, 5.74) is 1.10. The van der Waals surface area contributed by atoms with Crippen LogP contribution in [0, 0.1) is 17.5 Å². The zero-order valence-electron chi connectivity index (χ0n) is 15.7. The molecule has 30 heavy (non-hydrogen) atoms. The monoisotopic (exact) mass is 413 g/mol. The average Bonchev–Trinajstić information content (AvgIpc) is 2.73. The van der Waals surface area contributed by atoms with E-state index in [2.05, 4.69) is 16.0 Å². The van der Waals surface area contributed by atoms with E-state index in [4.69, 9.17) is 0 Å². The van der Waals surface area contributed by atoms with Crippen molar-refractivity contribution < 1.29 is 22.8 Å². The van der Waals surface area contributed by atoms with Crippen LogP contribution in [0.3, 0.4) is 0 Å². The molecule has 2 amide bonds. The van der Waals surface area contributed by atoms with Crippen LogP contribution in [-0.2, 0) is 9.59 Å². The molecule has 0 spiro atoms. The van der Waals surface area contributed by atoms with Gasteiger partial charge in [0.15, 0.2) is 11.6 Å². The molecule has 0 aliphatic rings. The SMILES string of the molecule is O=C(CN[C@H](C(=O)Nc1ccc(F)cc1)c1ccccc1)Nc1ccc(F)c(F)c1. The summed E-state index contributed by atoms with van der Waals surface area (Å²) in [5.74, 6) is -3.53. The van der Waals surface area contributed by atoms with Gasteiger partial charge in [-0.25, -0.2) is 13.2 Å². The van der Waals surface area contributed by atoms with E-state index < -0.39 is 35.3 Å². The second kappa shape index (κ2) is 9.71. The van der Waals surface area contributed by atoms with Gasteiger partial charge in [-0.05, 0) is 42.0 Å². The maximum absolute atomic E-state index is 13.3. The highest BCUT2D eigenvalue weighted by atomic mass is 19.2. The van der Waals surface area contributed by atoms with Gasteiger partial charge >= 0.3 is 0 Å². The summed E-state index contributed by atoms with van der Waals surface area (Å²) >= 11 is 0. The summed E-state index contributed by atoms with van der Waals surface area (Å²) < 4.78 is 39.4. The molecule has 3 N–H and O–H groups in total. The Morgan fingerprint density at radius 1 is 0.767 bits per heavy atom. The van der Waals surface area contributed by atoms with Crippen LogP contribution in [0.1, 0.15) is 11.6 Å². The number of amides is 2. The average molecular weight is 413 g/mol. The first-order valence-corrected chi connectivity index (χ1v) is 9.02. The molecule has 3 rings (SSSR count). The van der Waals surface area contributed by atoms with Crippen molar-refractivity contribution >= 4 is 23.2 Å². The Balaban J connectivity index is 1.68. The zero-order chi connectivity index (χ0) is 21.5. The van der Waals surface area contributed by atoms with Crippen LogP contribution >= 0.6 is 0 Å². The molecular weight excluding hydrogens is 395 g/mol. The summed E-state index contributed by atoms with van der Waals surface area (Å²) in [7, 11) is 0. The van der Waals surface area contributed by atoms with E-state index in [1.54, 1.807) is 30.3 Å². The lowest BCUT2D eigenvalue weighted by Crippen LogP contribution is -2.37. The topological polar surface area (TPSA) is 70.2 Å². The number of carbonyl (C=O) groups excluding carboxylic acids is 2. The number of halogens is 3. The third-order valence-corrected chi connectivity index (χ3v) is 4.18. The fraction of sp³-hybridized carbons (Fsp3) is 0.0909. The molecule has 0 fully saturated rings. The molecule has 0 unspecified atom stereocenters. The first kappa shape index (κ1) is 21.1. The van der Waals surface area contributed by atoms with Crippen LogP contribution in [-0.4, -0.2) is 18.4 Å². The van der Waals surface area contributed by atoms with Crippen molar-refractivity contribution in [3.05, 3.63) is 95.8 Å². The van der Waals surface area contributed by atoms with Crippen molar-refractivity contribution in [3.8, 4) is 0 Å². The predicted molar refractivity (Wildman–Crippen MR) is 107 cm³/mol. The van der Waals surface area contributed by atoms with Crippen LogP contribution in [0.4, 0.5) is 24.5 Å². The van der Waals surface area contributed by atoms with Crippen LogP contribution < -0.4 is 16.0 Å². The number of anilines is 2. The molecule has 0 aromatic heterocycles. The van der Waals surface area contributed by atoms with E-state index in [1.165, 1.54) is 30.3 Å². The second-order valence-corrected chi connectivity index (χ2v) is 6.40. The highest BCUT2D eigenvalue weighted by molar-refractivity contribution is 5.97. The van der Waals surface area contributed by atoms with E-state index in [0.29, 0.717) is 11.3 Å². The number of nitrogens with one attached hydrogen (secondary N) is 3. The number of hydrogen-bond donors (Lipinski definition) is 3. The molecule has 1 atom stereocenters. The summed E-state index contributed by atoms with van der Waals surface area (Å²) in [6.45, 7) is -0.268. The smallest absolute Gasteiger partial charge is 0.246 e. The van der Waals surface area contributed by atoms with E-state index in [1.807, 2.05) is 0 Å². The van der Waals surface area contributed by atoms with Crippen molar-refractivity contribution in [2.24, 2.45) is 0 Å². The van der Waals surface area contributed by atoms with E-state index in [9.17, 15) is 22.8 Å². The number of benzene rings is 3. The van der Waals surface area contributed by atoms with Gasteiger partial charge in [0.25, 0.3) is 0 Å². The fourth-order valence-corrected chi connectivity index (χ4v) is 2.73. The molecule has 154 valence electrons. The zero-order valence-corrected chi connectivity index (χ0v) is 15.7. The maximum atomic E-state index is 13.3. The molecule has 0 aliphatic carbocycles. The van der Waals surface area contributed by atoms with Gasteiger partial charge in [0, 0.05) is 17.4 Å². The summed E-state index contributed by atoms with van der Waals surface area (Å²) in [4.78, 5) is 25.0. The second-order valence-electron chi connectivity index (χ2n) is 6.40. The standard InChI is InChI=1S/C22H18F3N3O2/c23-15-6-8-16(9-7-15)28-22(30)21(14-4-2-1-3-5-14)26-13-20(29)27-17-10-11-18(24)19(25)12-17/h1-12,21,26H,13H2,(H,27,29)(H,28,30)/t21-/m0/s1. The summed E-state index contributed by atoms with van der Waals surface area (Å²) in [5, 5.41) is 7.94. The minimum absolute atomic E-state index is 0.0905. The minimum atomic E-state index is -1.08. The van der Waals surface area contributed by atoms with Gasteiger partial charge in [0.1, 0.15) is 11.9 Å². The third kappa shape index (κ3) is 5.68. The maximum Gasteiger partial charge on any atom is 0.246 e. The third-order valence-electron chi connectivity index (χ3n) is 4.18. The Labute approximate surface area is 170 Å². The van der Waals surface area contributed by atoms with Gasteiger partial charge in [-0.2, -0.15) is 0 Å². The lowest BCUT2D eigenvalue weighted by Gasteiger charge is -2.19. The molecule has 0 heterocycles. The number of hydrogen-bond acceptors (Lipinski definition) is 3. The van der Waals surface area contributed by atoms with E-state index in [0.717, 1.165) is 12.1 Å². The Morgan fingerprint density at radius 2 is 1.43 bits per heavy atom. The van der Waals surface area contributed by atoms with Gasteiger partial charge in [-0.3, -0.25) is 14.9 Å². The molecule has 8 heteroatoms. The van der Waals surface area contributed by atoms with Crippen LogP contribution in [0.15, 0.2) is 72.8 Å². The van der Waals surface area contributed by atoms with Gasteiger partial charge in [0.2, 0.25) is 11.8 Å². The van der Waals surface area contributed by atoms with Crippen molar-refractivity contribution in [1.29, 1.82) is 0 Å². The lowest BCUT2D eigenvalue weighted by molar-refractivity contribution is -0.119. The summed E-state index contributed by atoms with van der Waals surface area (Å²) in [6, 6.07) is 16.1. The molecule has 3 aromatic carbocycles. The lowest BCUT2D eigenvalue weighted by atomic mass is 10.1. The highest BCUT2D eigenvalue weighted by Crippen LogP contribution is 2.17. The molecule has 0 bridgehead atoms. The minimum Gasteiger partial charge on any atom is -0.325 e. The first-order valence-electron chi connectivity index (χ1n) is 9.02. The Kier molecular flexibility index (Phi) is 6.82. The largest absolute Gasteiger partial charge is 0.325 e. The van der Waals surface area contributed by atoms with Crippen molar-refractivity contribution in [1.82, 2.24) is 5.32 Å². The summed E-state index contributed by atoms with van der Waals surface area (Å²) in [6.07, 6.45) is 0. The molecular formula is C22H18F3N3O2. The fourth-order valence-electron chi connectivity index (χ4n) is 2.73. The predicted octanol–water partition coefficient (Wildman–Crippen LogP) is 4.01. The normalized spacial score (nSPS) is 11.6. The van der Waals surface area contributed by atoms with Crippen molar-refractivity contribution in [3.63, 3.8) is 0 Å². The molecule has 0 saturated carbocycles. The Bertz CT molecular complexity index is 1030. The van der Waals surface area contributed by atoms with E-state index >= 15 is 0 Å². The molecule has 0 saturated heterocycles. The number of rotatable bonds is 7. The number of carbonyl (C=O) groups is 2. The van der Waals surface area contributed by atoms with Gasteiger partial charge < -0.3 is 10.6 Å². The quantitative estimate of drug-likeness (QED) is 0.548. The van der Waals surface area contributed by atoms with Crippen LogP contribution in [0.25, 0.3) is 0 Å². The van der Waals surface area contributed by atoms with Gasteiger partial charge in [0.05, 0.1) is 6.54 Å². The van der Waals surface area contributed by atoms with Crippen molar-refractivity contribution in [2.45, 2.75) is 6.04 Å². The molecule has 5 nitrogen and oxygen atoms in total. The molecule has 0 radical (unpaired) electrons. The van der Waals surface area contributed by atoms with Gasteiger partial charge in [-0.1, -0.05) is 30.3 Å². The van der Waals surface area contributed by atoms with Crippen LogP contribution in [0.2, 0.25) is 0 Å². The van der Waals surface area contributed by atoms with Crippen LogP contribution in [0.5, 0.6) is 0 Å². The van der Waals surface area contributed by atoms with Gasteiger partial charge in [-0.15, -0.1) is 0 Å². The Morgan fingerprint density at radius 3 is 2.10 bits per heavy atom. The van der Waals surface area contributed by atoms with E-state index in [-0.39, 0.29) is 12.2 Å². The molecule has 0 aliphatic heterocycles.